The number of nitro groups is 1. The molecule has 0 atom stereocenters. The minimum absolute atomic E-state index is 0.101. The minimum atomic E-state index is -4.19. The van der Waals surface area contributed by atoms with Gasteiger partial charge in [0.15, 0.2) is 6.29 Å². The highest BCUT2D eigenvalue weighted by atomic mass is 127. The first-order chi connectivity index (χ1) is 7.27. The van der Waals surface area contributed by atoms with Crippen LogP contribution in [0, 0.1) is 13.7 Å². The number of nitro benzene ring substituents is 1. The number of carbonyl (C=O) groups is 1. The number of hydrogen-bond acceptors (Lipinski definition) is 5. The molecule has 1 aromatic rings. The van der Waals surface area contributed by atoms with Crippen molar-refractivity contribution in [3.63, 3.8) is 0 Å². The van der Waals surface area contributed by atoms with Crippen molar-refractivity contribution in [1.82, 2.24) is 0 Å². The number of nitrogens with zero attached hydrogens (tertiary/aromatic N) is 1. The molecule has 1 aromatic carbocycles. The summed E-state index contributed by atoms with van der Waals surface area (Å²) in [5.74, 6) is 0. The largest absolute Gasteiger partial charge is 0.298 e. The van der Waals surface area contributed by atoms with Gasteiger partial charge in [-0.25, -0.2) is 8.42 Å². The molecule has 0 radical (unpaired) electrons. The maximum atomic E-state index is 11.1. The summed E-state index contributed by atoms with van der Waals surface area (Å²) >= 11 is 1.69. The van der Waals surface area contributed by atoms with Crippen LogP contribution in [0.1, 0.15) is 10.4 Å². The van der Waals surface area contributed by atoms with E-state index < -0.39 is 30.1 Å². The number of halogens is 2. The summed E-state index contributed by atoms with van der Waals surface area (Å²) in [6.07, 6.45) is 0.101. The predicted octanol–water partition coefficient (Wildman–Crippen LogP) is 1.94. The van der Waals surface area contributed by atoms with E-state index in [1.807, 2.05) is 0 Å². The molecule has 0 amide bonds. The topological polar surface area (TPSA) is 94.3 Å². The van der Waals surface area contributed by atoms with E-state index in [-0.39, 0.29) is 6.29 Å². The first kappa shape index (κ1) is 13.3. The predicted molar refractivity (Wildman–Crippen MR) is 64.2 cm³/mol. The van der Waals surface area contributed by atoms with Crippen LogP contribution >= 0.6 is 33.3 Å². The molecule has 0 heterocycles. The average Bonchev–Trinajstić information content (AvgIpc) is 2.14. The SMILES string of the molecule is O=Cc1c([N+](=O)[O-])cc(I)cc1S(=O)(=O)Cl. The van der Waals surface area contributed by atoms with Crippen molar-refractivity contribution in [2.45, 2.75) is 4.90 Å². The van der Waals surface area contributed by atoms with Gasteiger partial charge in [-0.1, -0.05) is 0 Å². The molecule has 0 aliphatic rings. The zero-order chi connectivity index (χ0) is 12.5. The summed E-state index contributed by atoms with van der Waals surface area (Å²) in [5.41, 5.74) is -1.12. The number of rotatable bonds is 3. The third-order valence-corrected chi connectivity index (χ3v) is 3.65. The summed E-state index contributed by atoms with van der Waals surface area (Å²) in [6, 6.07) is 2.19. The van der Waals surface area contributed by atoms with Crippen LogP contribution in [0.2, 0.25) is 0 Å². The Kier molecular flexibility index (Phi) is 3.86. The number of carbonyl (C=O) groups excluding carboxylic acids is 1. The van der Waals surface area contributed by atoms with Gasteiger partial charge in [-0.2, -0.15) is 0 Å². The Bertz CT molecular complexity index is 570. The Morgan fingerprint density at radius 1 is 1.44 bits per heavy atom. The van der Waals surface area contributed by atoms with E-state index in [9.17, 15) is 23.3 Å². The van der Waals surface area contributed by atoms with E-state index in [1.165, 1.54) is 0 Å². The molecule has 0 bridgehead atoms. The molecule has 9 heteroatoms. The van der Waals surface area contributed by atoms with E-state index >= 15 is 0 Å². The third kappa shape index (κ3) is 2.68. The Hall–Kier alpha value is -0.740. The fraction of sp³-hybridized carbons (Fsp3) is 0. The summed E-state index contributed by atoms with van der Waals surface area (Å²) in [5, 5.41) is 10.6. The smallest absolute Gasteiger partial charge is 0.282 e. The first-order valence-corrected chi connectivity index (χ1v) is 7.04. The van der Waals surface area contributed by atoms with Crippen molar-refractivity contribution in [2.75, 3.05) is 0 Å². The molecule has 1 rings (SSSR count). The van der Waals surface area contributed by atoms with Gasteiger partial charge in [0, 0.05) is 20.3 Å². The van der Waals surface area contributed by atoms with Gasteiger partial charge in [0.2, 0.25) is 0 Å². The van der Waals surface area contributed by atoms with Gasteiger partial charge in [0.05, 0.1) is 4.92 Å². The minimum Gasteiger partial charge on any atom is -0.298 e. The zero-order valence-corrected chi connectivity index (χ0v) is 11.1. The second kappa shape index (κ2) is 4.63. The molecule has 16 heavy (non-hydrogen) atoms. The van der Waals surface area contributed by atoms with Crippen molar-refractivity contribution < 1.29 is 18.1 Å². The van der Waals surface area contributed by atoms with Crippen molar-refractivity contribution in [1.29, 1.82) is 0 Å². The lowest BCUT2D eigenvalue weighted by Crippen LogP contribution is -2.03. The standard InChI is InChI=1S/C7H3ClINO5S/c8-16(14,15)7-2-4(9)1-6(10(12)13)5(7)3-11/h1-3H. The molecule has 0 unspecified atom stereocenters. The van der Waals surface area contributed by atoms with Crippen molar-refractivity contribution in [3.8, 4) is 0 Å². The summed E-state index contributed by atoms with van der Waals surface area (Å²) in [7, 11) is 0.886. The molecule has 0 saturated heterocycles. The monoisotopic (exact) mass is 375 g/mol. The van der Waals surface area contributed by atoms with Gasteiger partial charge in [0.25, 0.3) is 14.7 Å². The molecule has 0 fully saturated rings. The van der Waals surface area contributed by atoms with E-state index in [0.717, 1.165) is 12.1 Å². The van der Waals surface area contributed by atoms with Gasteiger partial charge < -0.3 is 0 Å². The quantitative estimate of drug-likeness (QED) is 0.264. The van der Waals surface area contributed by atoms with Crippen LogP contribution in [0.15, 0.2) is 17.0 Å². The second-order valence-electron chi connectivity index (χ2n) is 2.65. The van der Waals surface area contributed by atoms with Gasteiger partial charge in [0.1, 0.15) is 10.5 Å². The van der Waals surface area contributed by atoms with Crippen LogP contribution in [0.5, 0.6) is 0 Å². The highest BCUT2D eigenvalue weighted by Crippen LogP contribution is 2.29. The zero-order valence-electron chi connectivity index (χ0n) is 7.38. The van der Waals surface area contributed by atoms with Gasteiger partial charge in [-0.3, -0.25) is 14.9 Å². The Balaban J connectivity index is 3.75. The van der Waals surface area contributed by atoms with E-state index in [4.69, 9.17) is 10.7 Å². The van der Waals surface area contributed by atoms with Crippen molar-refractivity contribution in [3.05, 3.63) is 31.4 Å². The highest BCUT2D eigenvalue weighted by Gasteiger charge is 2.25. The molecule has 0 spiro atoms. The molecular formula is C7H3ClINO5S. The number of hydrogen-bond donors (Lipinski definition) is 0. The lowest BCUT2D eigenvalue weighted by atomic mass is 10.2. The molecule has 0 aliphatic heterocycles. The Morgan fingerprint density at radius 3 is 2.38 bits per heavy atom. The molecule has 86 valence electrons. The summed E-state index contributed by atoms with van der Waals surface area (Å²) in [6.45, 7) is 0. The van der Waals surface area contributed by atoms with Crippen LogP contribution in [0.3, 0.4) is 0 Å². The lowest BCUT2D eigenvalue weighted by molar-refractivity contribution is -0.385. The molecule has 0 saturated carbocycles. The lowest BCUT2D eigenvalue weighted by Gasteiger charge is -2.02. The maximum Gasteiger partial charge on any atom is 0.282 e. The summed E-state index contributed by atoms with van der Waals surface area (Å²) in [4.78, 5) is 19.9. The fourth-order valence-corrected chi connectivity index (χ4v) is 2.93. The Morgan fingerprint density at radius 2 is 2.00 bits per heavy atom. The van der Waals surface area contributed by atoms with Crippen LogP contribution in [0.25, 0.3) is 0 Å². The number of benzene rings is 1. The number of aldehydes is 1. The van der Waals surface area contributed by atoms with Gasteiger partial charge in [-0.05, 0) is 28.7 Å². The third-order valence-electron chi connectivity index (χ3n) is 1.66. The van der Waals surface area contributed by atoms with Crippen LogP contribution in [-0.2, 0) is 9.05 Å². The van der Waals surface area contributed by atoms with E-state index in [1.54, 1.807) is 22.6 Å². The average molecular weight is 376 g/mol. The molecular weight excluding hydrogens is 373 g/mol. The maximum absolute atomic E-state index is 11.1. The van der Waals surface area contributed by atoms with Crippen molar-refractivity contribution >= 4 is 54.3 Å². The highest BCUT2D eigenvalue weighted by molar-refractivity contribution is 14.1. The van der Waals surface area contributed by atoms with E-state index in [2.05, 4.69) is 0 Å². The first-order valence-electron chi connectivity index (χ1n) is 3.65. The van der Waals surface area contributed by atoms with Crippen LogP contribution in [0.4, 0.5) is 5.69 Å². The van der Waals surface area contributed by atoms with Crippen LogP contribution < -0.4 is 0 Å². The normalized spacial score (nSPS) is 11.1. The molecule has 6 nitrogen and oxygen atoms in total. The van der Waals surface area contributed by atoms with E-state index in [0.29, 0.717) is 3.57 Å². The molecule has 0 aliphatic carbocycles. The molecule has 0 N–H and O–H groups in total. The Labute approximate surface area is 108 Å². The van der Waals surface area contributed by atoms with Crippen molar-refractivity contribution in [2.24, 2.45) is 0 Å². The fourth-order valence-electron chi connectivity index (χ4n) is 1.05. The van der Waals surface area contributed by atoms with Gasteiger partial charge in [-0.15, -0.1) is 0 Å². The van der Waals surface area contributed by atoms with Gasteiger partial charge >= 0.3 is 0 Å². The van der Waals surface area contributed by atoms with Crippen LogP contribution in [-0.4, -0.2) is 19.6 Å². The second-order valence-corrected chi connectivity index (χ2v) is 6.43. The molecule has 0 aromatic heterocycles. The summed E-state index contributed by atoms with van der Waals surface area (Å²) < 4.78 is 22.5.